The fourth-order valence-corrected chi connectivity index (χ4v) is 7.73. The molecule has 26 heavy (non-hydrogen) atoms. The number of nitrogens with zero attached hydrogens (tertiary/aromatic N) is 1. The predicted molar refractivity (Wildman–Crippen MR) is 112 cm³/mol. The van der Waals surface area contributed by atoms with Crippen LogP contribution in [0.5, 0.6) is 0 Å². The highest BCUT2D eigenvalue weighted by molar-refractivity contribution is 7.95. The van der Waals surface area contributed by atoms with E-state index in [0.29, 0.717) is 0 Å². The molecule has 128 valence electrons. The van der Waals surface area contributed by atoms with E-state index in [1.54, 1.807) is 0 Å². The maximum absolute atomic E-state index is 4.44. The van der Waals surface area contributed by atoms with E-state index in [9.17, 15) is 0 Å². The van der Waals surface area contributed by atoms with Crippen molar-refractivity contribution in [1.82, 2.24) is 9.97 Å². The van der Waals surface area contributed by atoms with Crippen LogP contribution in [0.25, 0.3) is 0 Å². The van der Waals surface area contributed by atoms with E-state index in [4.69, 9.17) is 0 Å². The van der Waals surface area contributed by atoms with Crippen molar-refractivity contribution >= 4 is 23.2 Å². The van der Waals surface area contributed by atoms with Crippen molar-refractivity contribution < 1.29 is 0 Å². The summed E-state index contributed by atoms with van der Waals surface area (Å²) in [5.74, 6) is 0.965. The molecule has 1 N–H and O–H groups in total. The molecule has 0 radical (unpaired) electrons. The molecular weight excluding hydrogens is 335 g/mol. The first-order chi connectivity index (χ1) is 12.8. The number of aromatic nitrogens is 2. The minimum atomic E-state index is -1.83. The Bertz CT molecular complexity index is 866. The van der Waals surface area contributed by atoms with Crippen LogP contribution in [0, 0.1) is 6.92 Å². The van der Waals surface area contributed by atoms with Crippen LogP contribution in [0.2, 0.25) is 0 Å². The summed E-state index contributed by atoms with van der Waals surface area (Å²) >= 11 is 0. The summed E-state index contributed by atoms with van der Waals surface area (Å²) in [5.41, 5.74) is 1.19. The molecular formula is C23H22N2P+. The maximum Gasteiger partial charge on any atom is 0.118 e. The van der Waals surface area contributed by atoms with Gasteiger partial charge in [0.05, 0.1) is 11.9 Å². The number of aryl methyl sites for hydroxylation is 1. The number of aromatic amines is 1. The Morgan fingerprint density at radius 1 is 0.692 bits per heavy atom. The van der Waals surface area contributed by atoms with Crippen molar-refractivity contribution in [2.24, 2.45) is 0 Å². The quantitative estimate of drug-likeness (QED) is 0.533. The van der Waals surface area contributed by atoms with E-state index in [2.05, 4.69) is 101 Å². The van der Waals surface area contributed by atoms with E-state index >= 15 is 0 Å². The topological polar surface area (TPSA) is 28.7 Å². The first-order valence-corrected chi connectivity index (χ1v) is 10.8. The summed E-state index contributed by atoms with van der Waals surface area (Å²) in [6.45, 7) is 2.01. The molecule has 0 spiro atoms. The Morgan fingerprint density at radius 2 is 1.12 bits per heavy atom. The van der Waals surface area contributed by atoms with Crippen molar-refractivity contribution in [2.75, 3.05) is 0 Å². The second-order valence-electron chi connectivity index (χ2n) is 6.47. The fraction of sp³-hybridized carbons (Fsp3) is 0.0870. The summed E-state index contributed by atoms with van der Waals surface area (Å²) in [5, 5.41) is 4.18. The molecule has 0 aliphatic carbocycles. The number of rotatable bonds is 5. The van der Waals surface area contributed by atoms with E-state index in [1.165, 1.54) is 21.6 Å². The van der Waals surface area contributed by atoms with Crippen molar-refractivity contribution in [1.29, 1.82) is 0 Å². The van der Waals surface area contributed by atoms with Gasteiger partial charge in [0.25, 0.3) is 0 Å². The van der Waals surface area contributed by atoms with E-state index in [0.717, 1.165) is 12.0 Å². The third-order valence-corrected chi connectivity index (χ3v) is 9.11. The van der Waals surface area contributed by atoms with Gasteiger partial charge in [0.2, 0.25) is 0 Å². The molecule has 4 aromatic rings. The summed E-state index contributed by atoms with van der Waals surface area (Å²) < 4.78 is 0. The van der Waals surface area contributed by atoms with Crippen LogP contribution in [-0.4, -0.2) is 9.97 Å². The summed E-state index contributed by atoms with van der Waals surface area (Å²) in [6.07, 6.45) is 2.92. The third kappa shape index (κ3) is 3.09. The zero-order valence-corrected chi connectivity index (χ0v) is 15.7. The zero-order valence-electron chi connectivity index (χ0n) is 14.8. The summed E-state index contributed by atoms with van der Waals surface area (Å²) in [4.78, 5) is 7.90. The maximum atomic E-state index is 4.44. The van der Waals surface area contributed by atoms with Gasteiger partial charge < -0.3 is 4.98 Å². The van der Waals surface area contributed by atoms with Gasteiger partial charge in [-0.25, -0.2) is 4.98 Å². The first kappa shape index (κ1) is 16.8. The Morgan fingerprint density at radius 3 is 1.46 bits per heavy atom. The summed E-state index contributed by atoms with van der Waals surface area (Å²) in [7, 11) is -1.83. The number of hydrogen-bond acceptors (Lipinski definition) is 1. The molecule has 0 amide bonds. The lowest BCUT2D eigenvalue weighted by Crippen LogP contribution is -2.32. The largest absolute Gasteiger partial charge is 0.343 e. The zero-order chi connectivity index (χ0) is 17.8. The molecule has 0 saturated heterocycles. The van der Waals surface area contributed by atoms with Gasteiger partial charge in [0.15, 0.2) is 0 Å². The van der Waals surface area contributed by atoms with Crippen molar-refractivity contribution in [3.8, 4) is 0 Å². The highest BCUT2D eigenvalue weighted by Gasteiger charge is 2.45. The molecule has 0 atom stereocenters. The molecule has 1 heterocycles. The average molecular weight is 357 g/mol. The molecule has 2 nitrogen and oxygen atoms in total. The van der Waals surface area contributed by atoms with Gasteiger partial charge in [-0.2, -0.15) is 0 Å². The molecule has 0 bridgehead atoms. The Hall–Kier alpha value is -2.70. The summed E-state index contributed by atoms with van der Waals surface area (Å²) in [6, 6.07) is 32.8. The van der Waals surface area contributed by atoms with Gasteiger partial charge in [-0.3, -0.25) is 0 Å². The molecule has 0 saturated carbocycles. The van der Waals surface area contributed by atoms with Gasteiger partial charge in [0.1, 0.15) is 35.2 Å². The number of nitrogens with one attached hydrogen (secondary N) is 1. The van der Waals surface area contributed by atoms with Gasteiger partial charge in [-0.1, -0.05) is 54.6 Å². The lowest BCUT2D eigenvalue weighted by Gasteiger charge is -2.27. The Kier molecular flexibility index (Phi) is 4.69. The minimum Gasteiger partial charge on any atom is -0.343 e. The lowest BCUT2D eigenvalue weighted by atomic mass is 10.4. The minimum absolute atomic E-state index is 0.936. The van der Waals surface area contributed by atoms with Crippen LogP contribution >= 0.6 is 7.26 Å². The van der Waals surface area contributed by atoms with Crippen molar-refractivity contribution in [3.63, 3.8) is 0 Å². The highest BCUT2D eigenvalue weighted by Crippen LogP contribution is 2.57. The molecule has 4 rings (SSSR count). The van der Waals surface area contributed by atoms with Crippen LogP contribution in [0.3, 0.4) is 0 Å². The predicted octanol–water partition coefficient (Wildman–Crippen LogP) is 4.21. The number of H-pyrrole nitrogens is 1. The van der Waals surface area contributed by atoms with Crippen LogP contribution in [0.15, 0.2) is 97.2 Å². The molecule has 3 heteroatoms. The number of hydrogen-bond donors (Lipinski definition) is 1. The highest BCUT2D eigenvalue weighted by atomic mass is 31.2. The Labute approximate surface area is 155 Å². The molecule has 1 aromatic heterocycles. The fourth-order valence-electron chi connectivity index (χ4n) is 3.58. The lowest BCUT2D eigenvalue weighted by molar-refractivity contribution is 1.12. The molecule has 3 aromatic carbocycles. The van der Waals surface area contributed by atoms with E-state index in [1.807, 2.05) is 13.1 Å². The van der Waals surface area contributed by atoms with Crippen LogP contribution in [0.4, 0.5) is 0 Å². The first-order valence-electron chi connectivity index (χ1n) is 8.84. The van der Waals surface area contributed by atoms with E-state index < -0.39 is 7.26 Å². The standard InChI is InChI=1S/C23H22N2P/c1-19-24-17-20(25-19)18-26(21-11-5-2-6-12-21,22-13-7-3-8-14-22)23-15-9-4-10-16-23/h2-17H,18H2,1H3,(H,24,25)/q+1. The molecule has 0 aliphatic rings. The normalized spacial score (nSPS) is 11.4. The van der Waals surface area contributed by atoms with E-state index in [-0.39, 0.29) is 0 Å². The van der Waals surface area contributed by atoms with Crippen molar-refractivity contribution in [2.45, 2.75) is 13.1 Å². The second-order valence-corrected chi connectivity index (χ2v) is 9.95. The van der Waals surface area contributed by atoms with Gasteiger partial charge >= 0.3 is 0 Å². The van der Waals surface area contributed by atoms with Crippen LogP contribution in [0.1, 0.15) is 11.5 Å². The molecule has 0 aliphatic heterocycles. The molecule has 0 unspecified atom stereocenters. The average Bonchev–Trinajstić information content (AvgIpc) is 3.13. The van der Waals surface area contributed by atoms with Gasteiger partial charge in [-0.05, 0) is 43.3 Å². The Balaban J connectivity index is 2.00. The van der Waals surface area contributed by atoms with Crippen LogP contribution in [-0.2, 0) is 6.16 Å². The monoisotopic (exact) mass is 357 g/mol. The smallest absolute Gasteiger partial charge is 0.118 e. The third-order valence-electron chi connectivity index (χ3n) is 4.75. The van der Waals surface area contributed by atoms with Gasteiger partial charge in [0, 0.05) is 0 Å². The van der Waals surface area contributed by atoms with Gasteiger partial charge in [-0.15, -0.1) is 0 Å². The van der Waals surface area contributed by atoms with Crippen molar-refractivity contribution in [3.05, 3.63) is 109 Å². The number of imidazole rings is 1. The number of benzene rings is 3. The van der Waals surface area contributed by atoms with Crippen LogP contribution < -0.4 is 15.9 Å². The second kappa shape index (κ2) is 7.27. The SMILES string of the molecule is Cc1ncc(C[P+](c2ccccc2)(c2ccccc2)c2ccccc2)[nH]1. The molecule has 0 fully saturated rings.